The zero-order valence-corrected chi connectivity index (χ0v) is 19.9. The van der Waals surface area contributed by atoms with Crippen molar-refractivity contribution in [3.8, 4) is 17.0 Å². The average Bonchev–Trinajstić information content (AvgIpc) is 3.55. The first-order valence-electron chi connectivity index (χ1n) is 11.8. The number of nitrogens with zero attached hydrogens (tertiary/aromatic N) is 3. The van der Waals surface area contributed by atoms with E-state index in [9.17, 15) is 9.90 Å². The second kappa shape index (κ2) is 8.94. The van der Waals surface area contributed by atoms with Crippen molar-refractivity contribution < 1.29 is 9.50 Å². The number of halogens is 1. The second-order valence-electron chi connectivity index (χ2n) is 9.16. The van der Waals surface area contributed by atoms with Crippen LogP contribution in [0.2, 0.25) is 0 Å². The number of H-pyrrole nitrogens is 1. The van der Waals surface area contributed by atoms with Gasteiger partial charge >= 0.3 is 0 Å². The number of aliphatic imine (C=N–C) groups is 1. The van der Waals surface area contributed by atoms with Gasteiger partial charge in [-0.15, -0.1) is 0 Å². The highest BCUT2D eigenvalue weighted by Gasteiger charge is 2.31. The van der Waals surface area contributed by atoms with E-state index in [2.05, 4.69) is 19.8 Å². The van der Waals surface area contributed by atoms with Gasteiger partial charge in [0.1, 0.15) is 5.82 Å². The topological polar surface area (TPSA) is 71.9 Å². The maximum absolute atomic E-state index is 15.1. The zero-order chi connectivity index (χ0) is 23.9. The van der Waals surface area contributed by atoms with E-state index >= 15 is 4.39 Å². The van der Waals surface area contributed by atoms with Crippen LogP contribution in [0, 0.1) is 5.82 Å². The lowest BCUT2D eigenvalue weighted by molar-refractivity contribution is 0.230. The van der Waals surface area contributed by atoms with Crippen LogP contribution in [-0.4, -0.2) is 53.4 Å². The van der Waals surface area contributed by atoms with Crippen LogP contribution < -0.4 is 10.5 Å². The minimum Gasteiger partial charge on any atom is -0.494 e. The summed E-state index contributed by atoms with van der Waals surface area (Å²) in [5, 5.41) is 15.6. The number of aromatic amines is 1. The van der Waals surface area contributed by atoms with Gasteiger partial charge in [-0.25, -0.2) is 4.39 Å². The Morgan fingerprint density at radius 2 is 2.00 bits per heavy atom. The summed E-state index contributed by atoms with van der Waals surface area (Å²) in [7, 11) is 0. The molecule has 2 aliphatic heterocycles. The maximum atomic E-state index is 15.1. The lowest BCUT2D eigenvalue weighted by Gasteiger charge is -2.38. The van der Waals surface area contributed by atoms with Crippen molar-refractivity contribution in [3.63, 3.8) is 0 Å². The number of piperazine rings is 1. The van der Waals surface area contributed by atoms with E-state index in [1.807, 2.05) is 29.0 Å². The SMILES string of the molecule is O=c1[nH]c(O)c(C=Nc2ccc(N3CCN4CCC[C@H]4C3)c(F)c2)c2cc(-c3ccsc3)ccc12. The number of fused-ring (bicyclic) bond motifs is 2. The summed E-state index contributed by atoms with van der Waals surface area (Å²) >= 11 is 1.59. The van der Waals surface area contributed by atoms with Crippen LogP contribution in [0.4, 0.5) is 15.8 Å². The molecule has 2 N–H and O–H groups in total. The summed E-state index contributed by atoms with van der Waals surface area (Å²) < 4.78 is 15.1. The molecule has 0 radical (unpaired) electrons. The summed E-state index contributed by atoms with van der Waals surface area (Å²) in [6.45, 7) is 3.79. The van der Waals surface area contributed by atoms with E-state index in [1.165, 1.54) is 25.1 Å². The molecule has 2 saturated heterocycles. The van der Waals surface area contributed by atoms with Crippen molar-refractivity contribution in [2.45, 2.75) is 18.9 Å². The highest BCUT2D eigenvalue weighted by molar-refractivity contribution is 7.08. The molecule has 0 bridgehead atoms. The summed E-state index contributed by atoms with van der Waals surface area (Å²) in [6.07, 6.45) is 3.87. The van der Waals surface area contributed by atoms with Crippen molar-refractivity contribution in [1.29, 1.82) is 0 Å². The summed E-state index contributed by atoms with van der Waals surface area (Å²) in [5.41, 5.74) is 3.04. The number of aromatic nitrogens is 1. The van der Waals surface area contributed by atoms with Crippen LogP contribution in [0.5, 0.6) is 5.88 Å². The first-order valence-corrected chi connectivity index (χ1v) is 12.8. The molecule has 0 aliphatic carbocycles. The van der Waals surface area contributed by atoms with Gasteiger partial charge in [-0.3, -0.25) is 19.7 Å². The number of nitrogens with one attached hydrogen (secondary N) is 1. The number of hydrogen-bond donors (Lipinski definition) is 2. The molecule has 1 atom stereocenters. The van der Waals surface area contributed by atoms with Gasteiger partial charge in [0.2, 0.25) is 5.88 Å². The van der Waals surface area contributed by atoms with Crippen LogP contribution in [-0.2, 0) is 0 Å². The van der Waals surface area contributed by atoms with Gasteiger partial charge in [-0.1, -0.05) is 6.07 Å². The predicted molar refractivity (Wildman–Crippen MR) is 140 cm³/mol. The average molecular weight is 489 g/mol. The van der Waals surface area contributed by atoms with Gasteiger partial charge in [-0.2, -0.15) is 11.3 Å². The molecule has 4 aromatic rings. The highest BCUT2D eigenvalue weighted by atomic mass is 32.1. The van der Waals surface area contributed by atoms with Gasteiger partial charge in [-0.05, 0) is 71.6 Å². The molecular weight excluding hydrogens is 463 g/mol. The number of aromatic hydroxyl groups is 1. The standard InChI is InChI=1S/C27H25FN4O2S/c28-24-13-19(4-6-25(24)32-10-9-31-8-1-2-20(31)15-32)29-14-23-22-12-17(18-7-11-35-16-18)3-5-21(22)26(33)30-27(23)34/h3-7,11-14,16,20H,1-2,8-10,15H2,(H2,30,33,34)/t20-/m0/s1. The van der Waals surface area contributed by atoms with Crippen molar-refractivity contribution in [2.24, 2.45) is 4.99 Å². The second-order valence-corrected chi connectivity index (χ2v) is 9.94. The summed E-state index contributed by atoms with van der Waals surface area (Å²) in [4.78, 5) is 24.0. The summed E-state index contributed by atoms with van der Waals surface area (Å²) in [5.74, 6) is -0.568. The Hall–Kier alpha value is -3.49. The molecule has 35 heavy (non-hydrogen) atoms. The van der Waals surface area contributed by atoms with Crippen molar-refractivity contribution in [1.82, 2.24) is 9.88 Å². The van der Waals surface area contributed by atoms with Gasteiger partial charge in [0.05, 0.1) is 16.9 Å². The molecule has 2 aromatic heterocycles. The number of anilines is 1. The zero-order valence-electron chi connectivity index (χ0n) is 19.1. The van der Waals surface area contributed by atoms with E-state index < -0.39 is 0 Å². The number of benzene rings is 2. The number of hydrogen-bond acceptors (Lipinski definition) is 6. The largest absolute Gasteiger partial charge is 0.494 e. The number of rotatable bonds is 4. The molecule has 2 fully saturated rings. The smallest absolute Gasteiger partial charge is 0.258 e. The Morgan fingerprint density at radius 3 is 2.83 bits per heavy atom. The molecule has 2 aliphatic rings. The molecular formula is C27H25FN4O2S. The Balaban J connectivity index is 1.31. The van der Waals surface area contributed by atoms with Crippen molar-refractivity contribution in [2.75, 3.05) is 31.1 Å². The molecule has 6 rings (SSSR count). The Morgan fingerprint density at radius 1 is 1.09 bits per heavy atom. The van der Waals surface area contributed by atoms with E-state index in [4.69, 9.17) is 0 Å². The third-order valence-electron chi connectivity index (χ3n) is 7.10. The van der Waals surface area contributed by atoms with E-state index in [1.54, 1.807) is 29.5 Å². The van der Waals surface area contributed by atoms with Crippen LogP contribution in [0.1, 0.15) is 18.4 Å². The lowest BCUT2D eigenvalue weighted by atomic mass is 10.0. The van der Waals surface area contributed by atoms with Gasteiger partial charge in [0, 0.05) is 48.7 Å². The quantitative estimate of drug-likeness (QED) is 0.391. The molecule has 0 amide bonds. The molecule has 0 unspecified atom stereocenters. The van der Waals surface area contributed by atoms with Crippen molar-refractivity contribution >= 4 is 39.7 Å². The lowest BCUT2D eigenvalue weighted by Crippen LogP contribution is -2.50. The minimum absolute atomic E-state index is 0.264. The van der Waals surface area contributed by atoms with Gasteiger partial charge in [0.25, 0.3) is 5.56 Å². The van der Waals surface area contributed by atoms with E-state index in [0.29, 0.717) is 33.8 Å². The first kappa shape index (κ1) is 22.0. The number of pyridine rings is 1. The molecule has 0 spiro atoms. The monoisotopic (exact) mass is 488 g/mol. The fourth-order valence-corrected chi connectivity index (χ4v) is 5.92. The molecule has 178 valence electrons. The van der Waals surface area contributed by atoms with Crippen LogP contribution in [0.15, 0.2) is 63.0 Å². The van der Waals surface area contributed by atoms with E-state index in [0.717, 1.165) is 37.3 Å². The fourth-order valence-electron chi connectivity index (χ4n) is 5.26. The normalized spacial score (nSPS) is 18.5. The van der Waals surface area contributed by atoms with Crippen molar-refractivity contribution in [3.05, 3.63) is 75.0 Å². The first-order chi connectivity index (χ1) is 17.1. The minimum atomic E-state index is -0.371. The molecule has 0 saturated carbocycles. The molecule has 2 aromatic carbocycles. The van der Waals surface area contributed by atoms with Crippen LogP contribution in [0.3, 0.4) is 0 Å². The Bertz CT molecular complexity index is 1480. The molecule has 8 heteroatoms. The summed E-state index contributed by atoms with van der Waals surface area (Å²) in [6, 6.07) is 13.0. The van der Waals surface area contributed by atoms with Crippen LogP contribution in [0.25, 0.3) is 21.9 Å². The van der Waals surface area contributed by atoms with E-state index in [-0.39, 0.29) is 17.3 Å². The third kappa shape index (κ3) is 4.13. The Labute approximate surface area is 206 Å². The highest BCUT2D eigenvalue weighted by Crippen LogP contribution is 2.31. The fraction of sp³-hybridized carbons (Fsp3) is 0.259. The third-order valence-corrected chi connectivity index (χ3v) is 7.78. The molecule has 6 nitrogen and oxygen atoms in total. The van der Waals surface area contributed by atoms with Gasteiger partial charge < -0.3 is 10.0 Å². The van der Waals surface area contributed by atoms with Crippen LogP contribution >= 0.6 is 11.3 Å². The predicted octanol–water partition coefficient (Wildman–Crippen LogP) is 5.14. The Kier molecular flexibility index (Phi) is 5.62. The van der Waals surface area contributed by atoms with Gasteiger partial charge in [0.15, 0.2) is 0 Å². The number of thiophene rings is 1. The molecule has 4 heterocycles. The maximum Gasteiger partial charge on any atom is 0.258 e.